The van der Waals surface area contributed by atoms with Crippen molar-refractivity contribution in [3.8, 4) is 0 Å². The molecule has 0 aliphatic carbocycles. The van der Waals surface area contributed by atoms with Crippen LogP contribution in [0.5, 0.6) is 0 Å². The van der Waals surface area contributed by atoms with Gasteiger partial charge >= 0.3 is 5.69 Å². The molecule has 0 fully saturated rings. The van der Waals surface area contributed by atoms with Gasteiger partial charge in [-0.05, 0) is 32.9 Å². The fourth-order valence-electron chi connectivity index (χ4n) is 2.17. The molecule has 0 saturated heterocycles. The number of anilines is 2. The number of imidazole rings is 1. The molecule has 2 aromatic rings. The van der Waals surface area contributed by atoms with Gasteiger partial charge in [0.15, 0.2) is 0 Å². The largest absolute Gasteiger partial charge is 0.399 e. The third kappa shape index (κ3) is 1.96. The molecule has 0 spiro atoms. The van der Waals surface area contributed by atoms with Crippen LogP contribution in [0.2, 0.25) is 0 Å². The summed E-state index contributed by atoms with van der Waals surface area (Å²) < 4.78 is 3.25. The van der Waals surface area contributed by atoms with Gasteiger partial charge in [-0.15, -0.1) is 0 Å². The molecule has 1 aromatic carbocycles. The monoisotopic (exact) mass is 248 g/mol. The van der Waals surface area contributed by atoms with Crippen LogP contribution in [0.3, 0.4) is 0 Å². The van der Waals surface area contributed by atoms with Crippen LogP contribution in [-0.4, -0.2) is 14.7 Å². The molecule has 0 radical (unpaired) electrons. The standard InChI is InChI=1S/C13H20N4O/c1-13(2,3)15-9-6-8(14)7-10-11(9)17(5)12(18)16(10)4/h6-7,15H,14H2,1-5H3. The Hall–Kier alpha value is -1.91. The molecule has 5 heteroatoms. The lowest BCUT2D eigenvalue weighted by Crippen LogP contribution is -2.26. The highest BCUT2D eigenvalue weighted by Crippen LogP contribution is 2.27. The Balaban J connectivity index is 2.81. The van der Waals surface area contributed by atoms with Gasteiger partial charge in [0.1, 0.15) is 0 Å². The van der Waals surface area contributed by atoms with Crippen molar-refractivity contribution in [1.82, 2.24) is 9.13 Å². The molecule has 5 nitrogen and oxygen atoms in total. The number of nitrogens with one attached hydrogen (secondary N) is 1. The SMILES string of the molecule is Cn1c(=O)n(C)c2c(NC(C)(C)C)cc(N)cc21. The van der Waals surface area contributed by atoms with E-state index in [1.54, 1.807) is 23.2 Å². The maximum atomic E-state index is 12.0. The van der Waals surface area contributed by atoms with Crippen LogP contribution >= 0.6 is 0 Å². The Labute approximate surface area is 106 Å². The normalized spacial score (nSPS) is 12.1. The molecule has 1 aromatic heterocycles. The summed E-state index contributed by atoms with van der Waals surface area (Å²) in [5.74, 6) is 0. The predicted octanol–water partition coefficient (Wildman–Crippen LogP) is 1.67. The number of nitrogens with zero attached hydrogens (tertiary/aromatic N) is 2. The molecule has 0 amide bonds. The van der Waals surface area contributed by atoms with E-state index >= 15 is 0 Å². The van der Waals surface area contributed by atoms with E-state index in [1.807, 2.05) is 12.1 Å². The number of aromatic nitrogens is 2. The summed E-state index contributed by atoms with van der Waals surface area (Å²) in [5.41, 5.74) is 9.03. The highest BCUT2D eigenvalue weighted by Gasteiger charge is 2.17. The van der Waals surface area contributed by atoms with Crippen molar-refractivity contribution in [2.75, 3.05) is 11.1 Å². The maximum absolute atomic E-state index is 12.0. The number of benzene rings is 1. The minimum Gasteiger partial charge on any atom is -0.399 e. The molecule has 0 atom stereocenters. The Morgan fingerprint density at radius 1 is 1.17 bits per heavy atom. The van der Waals surface area contributed by atoms with Crippen LogP contribution in [0, 0.1) is 0 Å². The zero-order valence-corrected chi connectivity index (χ0v) is 11.5. The first kappa shape index (κ1) is 12.5. The summed E-state index contributed by atoms with van der Waals surface area (Å²) in [6.45, 7) is 6.22. The van der Waals surface area contributed by atoms with Gasteiger partial charge in [-0.3, -0.25) is 9.13 Å². The zero-order valence-electron chi connectivity index (χ0n) is 11.5. The highest BCUT2D eigenvalue weighted by molar-refractivity contribution is 5.92. The first-order chi connectivity index (χ1) is 8.20. The average Bonchev–Trinajstić information content (AvgIpc) is 2.41. The minimum absolute atomic E-state index is 0.0486. The number of nitrogens with two attached hydrogens (primary N) is 1. The van der Waals surface area contributed by atoms with Crippen molar-refractivity contribution in [3.05, 3.63) is 22.6 Å². The van der Waals surface area contributed by atoms with E-state index in [2.05, 4.69) is 26.1 Å². The van der Waals surface area contributed by atoms with Crippen molar-refractivity contribution >= 4 is 22.4 Å². The van der Waals surface area contributed by atoms with Crippen LogP contribution in [-0.2, 0) is 14.1 Å². The van der Waals surface area contributed by atoms with Crippen molar-refractivity contribution < 1.29 is 0 Å². The lowest BCUT2D eigenvalue weighted by molar-refractivity contribution is 0.634. The van der Waals surface area contributed by atoms with Crippen molar-refractivity contribution in [2.45, 2.75) is 26.3 Å². The third-order valence-electron chi connectivity index (χ3n) is 2.89. The summed E-state index contributed by atoms with van der Waals surface area (Å²) in [6, 6.07) is 3.69. The molecular weight excluding hydrogens is 228 g/mol. The van der Waals surface area contributed by atoms with Gasteiger partial charge in [0.05, 0.1) is 16.7 Å². The molecule has 3 N–H and O–H groups in total. The van der Waals surface area contributed by atoms with Gasteiger partial charge in [-0.2, -0.15) is 0 Å². The van der Waals surface area contributed by atoms with Crippen LogP contribution < -0.4 is 16.7 Å². The molecule has 0 aliphatic rings. The summed E-state index contributed by atoms with van der Waals surface area (Å²) in [4.78, 5) is 12.0. The number of fused-ring (bicyclic) bond motifs is 1. The fourth-order valence-corrected chi connectivity index (χ4v) is 2.17. The molecular formula is C13H20N4O. The summed E-state index contributed by atoms with van der Waals surface area (Å²) in [5, 5.41) is 3.39. The molecule has 18 heavy (non-hydrogen) atoms. The van der Waals surface area contributed by atoms with Crippen molar-refractivity contribution in [3.63, 3.8) is 0 Å². The molecule has 98 valence electrons. The fraction of sp³-hybridized carbons (Fsp3) is 0.462. The van der Waals surface area contributed by atoms with E-state index < -0.39 is 0 Å². The van der Waals surface area contributed by atoms with Gasteiger partial charge in [0, 0.05) is 25.3 Å². The van der Waals surface area contributed by atoms with Gasteiger partial charge in [-0.25, -0.2) is 4.79 Å². The molecule has 0 saturated carbocycles. The second-order valence-electron chi connectivity index (χ2n) is 5.71. The number of aryl methyl sites for hydroxylation is 2. The first-order valence-corrected chi connectivity index (χ1v) is 5.94. The molecule has 0 unspecified atom stereocenters. The quantitative estimate of drug-likeness (QED) is 0.754. The van der Waals surface area contributed by atoms with Gasteiger partial charge in [-0.1, -0.05) is 0 Å². The van der Waals surface area contributed by atoms with Crippen LogP contribution in [0.15, 0.2) is 16.9 Å². The predicted molar refractivity (Wildman–Crippen MR) is 75.9 cm³/mol. The Morgan fingerprint density at radius 3 is 2.33 bits per heavy atom. The Morgan fingerprint density at radius 2 is 1.78 bits per heavy atom. The van der Waals surface area contributed by atoms with E-state index in [1.165, 1.54) is 0 Å². The van der Waals surface area contributed by atoms with Crippen LogP contribution in [0.25, 0.3) is 11.0 Å². The van der Waals surface area contributed by atoms with E-state index in [9.17, 15) is 4.79 Å². The lowest BCUT2D eigenvalue weighted by Gasteiger charge is -2.23. The smallest absolute Gasteiger partial charge is 0.328 e. The van der Waals surface area contributed by atoms with Crippen LogP contribution in [0.4, 0.5) is 11.4 Å². The average molecular weight is 248 g/mol. The number of rotatable bonds is 1. The second kappa shape index (κ2) is 3.80. The topological polar surface area (TPSA) is 65.0 Å². The summed E-state index contributed by atoms with van der Waals surface area (Å²) in [7, 11) is 3.53. The summed E-state index contributed by atoms with van der Waals surface area (Å²) >= 11 is 0. The Kier molecular flexibility index (Phi) is 2.65. The highest BCUT2D eigenvalue weighted by atomic mass is 16.1. The van der Waals surface area contributed by atoms with E-state index in [4.69, 9.17) is 5.73 Å². The maximum Gasteiger partial charge on any atom is 0.328 e. The lowest BCUT2D eigenvalue weighted by atomic mass is 10.1. The Bertz CT molecular complexity index is 658. The van der Waals surface area contributed by atoms with E-state index in [0.717, 1.165) is 16.7 Å². The summed E-state index contributed by atoms with van der Waals surface area (Å²) in [6.07, 6.45) is 0. The molecule has 1 heterocycles. The minimum atomic E-state index is -0.0907. The van der Waals surface area contributed by atoms with Gasteiger partial charge in [0.25, 0.3) is 0 Å². The van der Waals surface area contributed by atoms with E-state index in [-0.39, 0.29) is 11.2 Å². The zero-order chi connectivity index (χ0) is 13.7. The van der Waals surface area contributed by atoms with Gasteiger partial charge < -0.3 is 11.1 Å². The molecule has 2 rings (SSSR count). The van der Waals surface area contributed by atoms with Crippen LogP contribution in [0.1, 0.15) is 20.8 Å². The third-order valence-corrected chi connectivity index (χ3v) is 2.89. The number of nitrogen functional groups attached to an aromatic ring is 1. The first-order valence-electron chi connectivity index (χ1n) is 5.94. The molecule has 0 bridgehead atoms. The number of hydrogen-bond acceptors (Lipinski definition) is 3. The molecule has 0 aliphatic heterocycles. The second-order valence-corrected chi connectivity index (χ2v) is 5.71. The van der Waals surface area contributed by atoms with E-state index in [0.29, 0.717) is 5.69 Å². The van der Waals surface area contributed by atoms with Crippen molar-refractivity contribution in [1.29, 1.82) is 0 Å². The van der Waals surface area contributed by atoms with Crippen molar-refractivity contribution in [2.24, 2.45) is 14.1 Å². The van der Waals surface area contributed by atoms with Gasteiger partial charge in [0.2, 0.25) is 0 Å². The number of hydrogen-bond donors (Lipinski definition) is 2.